The Morgan fingerprint density at radius 2 is 2.56 bits per heavy atom. The predicted molar refractivity (Wildman–Crippen MR) is 32.4 cm³/mol. The summed E-state index contributed by atoms with van der Waals surface area (Å²) in [4.78, 5) is 10.5. The van der Waals surface area contributed by atoms with Crippen LogP contribution in [0.2, 0.25) is 0 Å². The van der Waals surface area contributed by atoms with Crippen molar-refractivity contribution in [3.63, 3.8) is 0 Å². The Hall–Kier alpha value is -0.830. The van der Waals surface area contributed by atoms with E-state index >= 15 is 0 Å². The van der Waals surface area contributed by atoms with Gasteiger partial charge in [0.05, 0.1) is 12.7 Å². The quantitative estimate of drug-likeness (QED) is 0.472. The Balaban J connectivity index is 2.71. The van der Waals surface area contributed by atoms with Crippen LogP contribution in [0.3, 0.4) is 0 Å². The molecule has 0 radical (unpaired) electrons. The molecule has 0 aromatic carbocycles. The number of hydrogen-bond acceptors (Lipinski definition) is 3. The molecule has 1 rings (SSSR count). The van der Waals surface area contributed by atoms with Gasteiger partial charge in [0.15, 0.2) is 0 Å². The van der Waals surface area contributed by atoms with Crippen LogP contribution in [0.4, 0.5) is 0 Å². The van der Waals surface area contributed by atoms with Crippen molar-refractivity contribution >= 4 is 5.97 Å². The second-order valence-electron chi connectivity index (χ2n) is 2.48. The zero-order valence-corrected chi connectivity index (χ0v) is 5.26. The Morgan fingerprint density at radius 3 is 2.89 bits per heavy atom. The minimum Gasteiger partial charge on any atom is -0.435 e. The van der Waals surface area contributed by atoms with E-state index in [9.17, 15) is 4.79 Å². The molecule has 0 aliphatic carbocycles. The van der Waals surface area contributed by atoms with Gasteiger partial charge in [-0.2, -0.15) is 0 Å². The minimum atomic E-state index is -0.505. The molecule has 1 unspecified atom stereocenters. The predicted octanol–water partition coefficient (Wildman–Crippen LogP) is 0.164. The molecule has 0 spiro atoms. The number of rotatable bonds is 0. The van der Waals surface area contributed by atoms with Crippen molar-refractivity contribution in [1.29, 1.82) is 0 Å². The van der Waals surface area contributed by atoms with Gasteiger partial charge in [-0.15, -0.1) is 0 Å². The zero-order chi connectivity index (χ0) is 6.91. The molecule has 0 bridgehead atoms. The number of esters is 1. The third kappa shape index (κ3) is 1.54. The molecule has 3 heteroatoms. The maximum Gasteiger partial charge on any atom is 0.312 e. The van der Waals surface area contributed by atoms with E-state index in [1.54, 1.807) is 13.0 Å². The van der Waals surface area contributed by atoms with E-state index in [-0.39, 0.29) is 12.4 Å². The molecular formula is C6H9NO2. The lowest BCUT2D eigenvalue weighted by molar-refractivity contribution is -0.140. The van der Waals surface area contributed by atoms with Gasteiger partial charge in [0, 0.05) is 5.54 Å². The minimum absolute atomic E-state index is 0.262. The second-order valence-corrected chi connectivity index (χ2v) is 2.48. The summed E-state index contributed by atoms with van der Waals surface area (Å²) in [6, 6.07) is 0. The number of hydrogen-bond donors (Lipinski definition) is 1. The van der Waals surface area contributed by atoms with Crippen molar-refractivity contribution in [2.45, 2.75) is 18.9 Å². The highest BCUT2D eigenvalue weighted by Crippen LogP contribution is 2.13. The maximum atomic E-state index is 10.5. The molecule has 2 N–H and O–H groups in total. The largest absolute Gasteiger partial charge is 0.435 e. The summed E-state index contributed by atoms with van der Waals surface area (Å²) in [5.41, 5.74) is 5.08. The van der Waals surface area contributed by atoms with Gasteiger partial charge >= 0.3 is 5.97 Å². The molecule has 0 amide bonds. The second kappa shape index (κ2) is 1.84. The fourth-order valence-electron chi connectivity index (χ4n) is 0.677. The van der Waals surface area contributed by atoms with Crippen molar-refractivity contribution in [2.24, 2.45) is 5.73 Å². The monoisotopic (exact) mass is 127 g/mol. The summed E-state index contributed by atoms with van der Waals surface area (Å²) in [5.74, 6) is -0.262. The maximum absolute atomic E-state index is 10.5. The number of carbonyl (C=O) groups is 1. The third-order valence-electron chi connectivity index (χ3n) is 1.17. The summed E-state index contributed by atoms with van der Waals surface area (Å²) < 4.78 is 4.51. The smallest absolute Gasteiger partial charge is 0.312 e. The van der Waals surface area contributed by atoms with Gasteiger partial charge in [-0.1, -0.05) is 0 Å². The fourth-order valence-corrected chi connectivity index (χ4v) is 0.677. The topological polar surface area (TPSA) is 52.3 Å². The number of cyclic esters (lactones) is 1. The van der Waals surface area contributed by atoms with Crippen molar-refractivity contribution in [3.8, 4) is 0 Å². The van der Waals surface area contributed by atoms with Gasteiger partial charge in [0.1, 0.15) is 0 Å². The first-order valence-electron chi connectivity index (χ1n) is 2.76. The van der Waals surface area contributed by atoms with Crippen LogP contribution in [0.5, 0.6) is 0 Å². The van der Waals surface area contributed by atoms with E-state index in [0.29, 0.717) is 0 Å². The van der Waals surface area contributed by atoms with Crippen LogP contribution in [0.15, 0.2) is 12.3 Å². The fraction of sp³-hybridized carbons (Fsp3) is 0.500. The van der Waals surface area contributed by atoms with Gasteiger partial charge in [-0.3, -0.25) is 4.79 Å². The van der Waals surface area contributed by atoms with Gasteiger partial charge in [0.25, 0.3) is 0 Å². The third-order valence-corrected chi connectivity index (χ3v) is 1.17. The molecule has 0 fully saturated rings. The van der Waals surface area contributed by atoms with E-state index in [4.69, 9.17) is 5.73 Å². The molecular weight excluding hydrogens is 118 g/mol. The Kier molecular flexibility index (Phi) is 1.29. The molecule has 1 aliphatic heterocycles. The Bertz CT molecular complexity index is 160. The van der Waals surface area contributed by atoms with Gasteiger partial charge in [-0.25, -0.2) is 0 Å². The lowest BCUT2D eigenvalue weighted by Crippen LogP contribution is -2.38. The van der Waals surface area contributed by atoms with E-state index in [0.717, 1.165) is 0 Å². The van der Waals surface area contributed by atoms with E-state index in [1.165, 1.54) is 6.26 Å². The van der Waals surface area contributed by atoms with Crippen LogP contribution < -0.4 is 5.73 Å². The highest BCUT2D eigenvalue weighted by Gasteiger charge is 2.23. The number of nitrogens with two attached hydrogens (primary N) is 1. The van der Waals surface area contributed by atoms with E-state index < -0.39 is 5.54 Å². The number of carbonyl (C=O) groups excluding carboxylic acids is 1. The average molecular weight is 127 g/mol. The van der Waals surface area contributed by atoms with Crippen LogP contribution in [-0.2, 0) is 9.53 Å². The first-order valence-corrected chi connectivity index (χ1v) is 2.76. The molecule has 1 heterocycles. The summed E-state index contributed by atoms with van der Waals surface area (Å²) in [5, 5.41) is 0. The van der Waals surface area contributed by atoms with Crippen LogP contribution in [0.25, 0.3) is 0 Å². The first kappa shape index (κ1) is 6.29. The van der Waals surface area contributed by atoms with Gasteiger partial charge in [-0.05, 0) is 13.0 Å². The van der Waals surface area contributed by atoms with E-state index in [2.05, 4.69) is 4.74 Å². The summed E-state index contributed by atoms with van der Waals surface area (Å²) in [7, 11) is 0. The van der Waals surface area contributed by atoms with Gasteiger partial charge < -0.3 is 10.5 Å². The molecule has 50 valence electrons. The zero-order valence-electron chi connectivity index (χ0n) is 5.26. The molecule has 3 nitrogen and oxygen atoms in total. The normalized spacial score (nSPS) is 34.2. The summed E-state index contributed by atoms with van der Waals surface area (Å²) in [6.45, 7) is 1.78. The van der Waals surface area contributed by atoms with Crippen LogP contribution >= 0.6 is 0 Å². The SMILES string of the molecule is CC1(N)C=COC(=O)C1. The molecule has 1 atom stereocenters. The Morgan fingerprint density at radius 1 is 1.89 bits per heavy atom. The average Bonchev–Trinajstić information content (AvgIpc) is 1.60. The summed E-state index contributed by atoms with van der Waals surface area (Å²) in [6.07, 6.45) is 3.28. The van der Waals surface area contributed by atoms with E-state index in [1.807, 2.05) is 0 Å². The lowest BCUT2D eigenvalue weighted by atomic mass is 9.99. The molecule has 0 saturated carbocycles. The molecule has 9 heavy (non-hydrogen) atoms. The van der Waals surface area contributed by atoms with Crippen LogP contribution in [-0.4, -0.2) is 11.5 Å². The molecule has 0 aromatic rings. The number of ether oxygens (including phenoxy) is 1. The highest BCUT2D eigenvalue weighted by molar-refractivity contribution is 5.73. The van der Waals surface area contributed by atoms with Crippen LogP contribution in [0, 0.1) is 0 Å². The van der Waals surface area contributed by atoms with Crippen molar-refractivity contribution < 1.29 is 9.53 Å². The molecule has 0 saturated heterocycles. The molecule has 1 aliphatic rings. The van der Waals surface area contributed by atoms with Gasteiger partial charge in [0.2, 0.25) is 0 Å². The highest BCUT2D eigenvalue weighted by atomic mass is 16.5. The summed E-state index contributed by atoms with van der Waals surface area (Å²) >= 11 is 0. The van der Waals surface area contributed by atoms with Crippen molar-refractivity contribution in [2.75, 3.05) is 0 Å². The standard InChI is InChI=1S/C6H9NO2/c1-6(7)2-3-9-5(8)4-6/h2-3H,4,7H2,1H3. The Labute approximate surface area is 53.5 Å². The first-order chi connectivity index (χ1) is 4.10. The van der Waals surface area contributed by atoms with Crippen LogP contribution in [0.1, 0.15) is 13.3 Å². The van der Waals surface area contributed by atoms with Crippen molar-refractivity contribution in [3.05, 3.63) is 12.3 Å². The molecule has 0 aromatic heterocycles. The van der Waals surface area contributed by atoms with Crippen molar-refractivity contribution in [1.82, 2.24) is 0 Å². The lowest BCUT2D eigenvalue weighted by Gasteiger charge is -2.21.